The number of fused-ring (bicyclic) bond motifs is 1. The molecule has 1 amide bonds. The Bertz CT molecular complexity index is 1290. The monoisotopic (exact) mass is 544 g/mol. The maximum atomic E-state index is 14.6. The van der Waals surface area contributed by atoms with Gasteiger partial charge in [-0.3, -0.25) is 10.2 Å². The number of aliphatic hydroxyl groups is 1. The lowest BCUT2D eigenvalue weighted by atomic mass is 9.87. The molecule has 2 saturated heterocycles. The molecule has 206 valence electrons. The van der Waals surface area contributed by atoms with Gasteiger partial charge < -0.3 is 25.9 Å². The molecule has 0 bridgehead atoms. The number of carbonyl (C=O) groups excluding carboxylic acids is 2. The van der Waals surface area contributed by atoms with E-state index in [4.69, 9.17) is 11.1 Å². The van der Waals surface area contributed by atoms with Crippen molar-refractivity contribution in [2.45, 2.75) is 55.6 Å². The highest BCUT2D eigenvalue weighted by Gasteiger charge is 2.40. The van der Waals surface area contributed by atoms with Crippen LogP contribution >= 0.6 is 0 Å². The lowest BCUT2D eigenvalue weighted by Gasteiger charge is -2.42. The van der Waals surface area contributed by atoms with E-state index in [2.05, 4.69) is 5.32 Å². The Morgan fingerprint density at radius 2 is 1.97 bits per heavy atom. The number of likely N-dealkylation sites (tertiary alicyclic amines) is 1. The summed E-state index contributed by atoms with van der Waals surface area (Å²) in [6, 6.07) is 8.89. The van der Waals surface area contributed by atoms with Crippen LogP contribution in [0, 0.1) is 5.41 Å². The maximum Gasteiger partial charge on any atom is 0.257 e. The van der Waals surface area contributed by atoms with Gasteiger partial charge in [0.05, 0.1) is 18.0 Å². The summed E-state index contributed by atoms with van der Waals surface area (Å²) >= 11 is 0. The van der Waals surface area contributed by atoms with Crippen molar-refractivity contribution >= 4 is 39.5 Å². The first-order valence-corrected chi connectivity index (χ1v) is 14.4. The van der Waals surface area contributed by atoms with Crippen molar-refractivity contribution in [2.24, 2.45) is 5.73 Å². The number of guanidine groups is 1. The van der Waals surface area contributed by atoms with E-state index >= 15 is 0 Å². The molecule has 5 N–H and O–H groups in total. The van der Waals surface area contributed by atoms with E-state index in [1.165, 1.54) is 0 Å². The van der Waals surface area contributed by atoms with Crippen LogP contribution in [0.25, 0.3) is 10.8 Å². The number of amides is 1. The fraction of sp³-hybridized carbons (Fsp3) is 0.500. The number of hydrogen-bond acceptors (Lipinski definition) is 7. The number of hydrazine groups is 1. The zero-order valence-electron chi connectivity index (χ0n) is 21.4. The molecule has 38 heavy (non-hydrogen) atoms. The number of piperidine rings is 2. The maximum absolute atomic E-state index is 14.6. The van der Waals surface area contributed by atoms with Crippen LogP contribution in [0.4, 0.5) is 0 Å². The first-order valence-electron chi connectivity index (χ1n) is 13.0. The number of sulfonamides is 1. The molecule has 2 heterocycles. The van der Waals surface area contributed by atoms with Gasteiger partial charge in [-0.05, 0) is 48.1 Å². The van der Waals surface area contributed by atoms with Gasteiger partial charge >= 0.3 is 0 Å². The Balaban J connectivity index is 1.91. The van der Waals surface area contributed by atoms with Gasteiger partial charge in [0.1, 0.15) is 6.29 Å². The van der Waals surface area contributed by atoms with Crippen molar-refractivity contribution in [1.82, 2.24) is 19.6 Å². The summed E-state index contributed by atoms with van der Waals surface area (Å²) in [5, 5.41) is 24.2. The first-order chi connectivity index (χ1) is 18.3. The van der Waals surface area contributed by atoms with Crippen molar-refractivity contribution in [3.8, 4) is 0 Å². The summed E-state index contributed by atoms with van der Waals surface area (Å²) in [6.45, 7) is 0.771. The summed E-state index contributed by atoms with van der Waals surface area (Å²) in [5.41, 5.74) is 6.62. The quantitative estimate of drug-likeness (QED) is 0.197. The molecule has 4 rings (SSSR count). The average molecular weight is 545 g/mol. The van der Waals surface area contributed by atoms with Crippen LogP contribution in [-0.2, 0) is 26.2 Å². The number of aldehydes is 1. The number of benzene rings is 2. The molecular weight excluding hydrogens is 508 g/mol. The van der Waals surface area contributed by atoms with Gasteiger partial charge in [-0.1, -0.05) is 30.7 Å². The van der Waals surface area contributed by atoms with Crippen LogP contribution < -0.4 is 11.1 Å². The number of carbonyl (C=O) groups is 2. The number of hydrogen-bond donors (Lipinski definition) is 4. The van der Waals surface area contributed by atoms with Crippen LogP contribution in [0.1, 0.15) is 49.1 Å². The van der Waals surface area contributed by atoms with Crippen LogP contribution in [0.3, 0.4) is 0 Å². The normalized spacial score (nSPS) is 20.9. The standard InChI is InChI=1S/C26H36N6O5S/c27-26(28)30-10-5-7-20(16-30)23-14-19-6-1-2-9-22(19)24(17-34)25(23)38(36,37)32(12-13-33)31-11-4-3-8-21(31)15-29-18-35/h1-2,6,9,13-14,18,20-21,34H,3-5,7-8,10-12,15-17H2,(H3,27,28)(H,29,35). The molecule has 2 aromatic rings. The van der Waals surface area contributed by atoms with Gasteiger partial charge in [0.25, 0.3) is 10.0 Å². The van der Waals surface area contributed by atoms with E-state index in [0.29, 0.717) is 56.1 Å². The molecule has 2 atom stereocenters. The zero-order chi connectivity index (χ0) is 27.3. The fourth-order valence-electron chi connectivity index (χ4n) is 5.82. The highest BCUT2D eigenvalue weighted by atomic mass is 32.2. The lowest BCUT2D eigenvalue weighted by Crippen LogP contribution is -2.57. The van der Waals surface area contributed by atoms with E-state index in [9.17, 15) is 23.1 Å². The van der Waals surface area contributed by atoms with Gasteiger partial charge in [-0.15, -0.1) is 4.41 Å². The van der Waals surface area contributed by atoms with E-state index in [1.54, 1.807) is 22.0 Å². The predicted octanol–water partition coefficient (Wildman–Crippen LogP) is 1.11. The molecule has 0 saturated carbocycles. The smallest absolute Gasteiger partial charge is 0.257 e. The Labute approximate surface area is 223 Å². The van der Waals surface area contributed by atoms with Crippen molar-refractivity contribution in [1.29, 1.82) is 5.41 Å². The number of nitrogens with one attached hydrogen (secondary N) is 2. The van der Waals surface area contributed by atoms with Gasteiger partial charge in [-0.2, -0.15) is 0 Å². The number of rotatable bonds is 10. The molecule has 2 aliphatic heterocycles. The topological polar surface area (TPSA) is 160 Å². The Morgan fingerprint density at radius 1 is 1.18 bits per heavy atom. The molecule has 12 heteroatoms. The summed E-state index contributed by atoms with van der Waals surface area (Å²) < 4.78 is 30.3. The SMILES string of the molecule is N=C(N)N1CCCC(c2cc3ccccc3c(CO)c2S(=O)(=O)N(CC=O)N2CCCCC2CNC=O)C1. The second-order valence-electron chi connectivity index (χ2n) is 9.84. The number of nitrogens with two attached hydrogens (primary N) is 1. The first kappa shape index (κ1) is 28.0. The van der Waals surface area contributed by atoms with Crippen molar-refractivity contribution in [3.05, 3.63) is 41.5 Å². The number of aliphatic hydroxyl groups excluding tert-OH is 1. The summed E-state index contributed by atoms with van der Waals surface area (Å²) in [5.74, 6) is -0.317. The van der Waals surface area contributed by atoms with Crippen LogP contribution in [0.5, 0.6) is 0 Å². The zero-order valence-corrected chi connectivity index (χ0v) is 22.2. The minimum atomic E-state index is -4.32. The highest BCUT2D eigenvalue weighted by Crippen LogP contribution is 2.39. The summed E-state index contributed by atoms with van der Waals surface area (Å²) in [4.78, 5) is 24.6. The predicted molar refractivity (Wildman–Crippen MR) is 144 cm³/mol. The van der Waals surface area contributed by atoms with Crippen LogP contribution in [0.2, 0.25) is 0 Å². The van der Waals surface area contributed by atoms with Crippen molar-refractivity contribution < 1.29 is 23.1 Å². The molecular formula is C26H36N6O5S. The van der Waals surface area contributed by atoms with Crippen molar-refractivity contribution in [3.63, 3.8) is 0 Å². The largest absolute Gasteiger partial charge is 0.392 e. The van der Waals surface area contributed by atoms with Crippen LogP contribution in [-0.4, -0.2) is 85.3 Å². The molecule has 2 aromatic carbocycles. The molecule has 2 aliphatic rings. The van der Waals surface area contributed by atoms with E-state index in [0.717, 1.165) is 29.1 Å². The van der Waals surface area contributed by atoms with Gasteiger partial charge in [0, 0.05) is 43.7 Å². The van der Waals surface area contributed by atoms with E-state index in [-0.39, 0.29) is 41.5 Å². The van der Waals surface area contributed by atoms with Crippen LogP contribution in [0.15, 0.2) is 35.2 Å². The second-order valence-corrected chi connectivity index (χ2v) is 11.6. The molecule has 11 nitrogen and oxygen atoms in total. The summed E-state index contributed by atoms with van der Waals surface area (Å²) in [7, 11) is -4.32. The Morgan fingerprint density at radius 3 is 2.68 bits per heavy atom. The van der Waals surface area contributed by atoms with Gasteiger partial charge in [0.15, 0.2) is 5.96 Å². The second kappa shape index (κ2) is 12.2. The number of nitrogens with zero attached hydrogens (tertiary/aromatic N) is 3. The van der Waals surface area contributed by atoms with E-state index < -0.39 is 16.6 Å². The third kappa shape index (κ3) is 5.53. The minimum Gasteiger partial charge on any atom is -0.392 e. The third-order valence-electron chi connectivity index (χ3n) is 7.58. The van der Waals surface area contributed by atoms with Gasteiger partial charge in [-0.25, -0.2) is 13.4 Å². The minimum absolute atomic E-state index is 0.00335. The van der Waals surface area contributed by atoms with Gasteiger partial charge in [0.2, 0.25) is 6.41 Å². The molecule has 2 fully saturated rings. The highest BCUT2D eigenvalue weighted by molar-refractivity contribution is 7.89. The molecule has 0 radical (unpaired) electrons. The lowest BCUT2D eigenvalue weighted by molar-refractivity contribution is -0.113. The molecule has 2 unspecified atom stereocenters. The fourth-order valence-corrected chi connectivity index (χ4v) is 7.79. The third-order valence-corrected chi connectivity index (χ3v) is 9.49. The summed E-state index contributed by atoms with van der Waals surface area (Å²) in [6.07, 6.45) is 4.86. The molecule has 0 aromatic heterocycles. The Hall–Kier alpha value is -3.06. The van der Waals surface area contributed by atoms with Crippen molar-refractivity contribution in [2.75, 3.05) is 32.7 Å². The molecule has 0 spiro atoms. The van der Waals surface area contributed by atoms with E-state index in [1.807, 2.05) is 18.2 Å². The Kier molecular flexibility index (Phi) is 8.98. The molecule has 0 aliphatic carbocycles. The average Bonchev–Trinajstić information content (AvgIpc) is 2.93.